The minimum atomic E-state index is -4.43. The summed E-state index contributed by atoms with van der Waals surface area (Å²) in [5, 5.41) is 5.61. The molecule has 3 rings (SSSR count). The summed E-state index contributed by atoms with van der Waals surface area (Å²) in [6.45, 7) is -1.28. The van der Waals surface area contributed by atoms with Gasteiger partial charge in [-0.2, -0.15) is 13.2 Å². The van der Waals surface area contributed by atoms with Crippen LogP contribution in [0, 0.1) is 0 Å². The first-order valence-electron chi connectivity index (χ1n) is 8.70. The van der Waals surface area contributed by atoms with Crippen LogP contribution < -0.4 is 20.1 Å². The van der Waals surface area contributed by atoms with E-state index in [1.165, 1.54) is 17.8 Å². The van der Waals surface area contributed by atoms with Crippen LogP contribution >= 0.6 is 0 Å². The number of methoxy groups -OCH3 is 1. The van der Waals surface area contributed by atoms with Gasteiger partial charge in [0.25, 0.3) is 0 Å². The lowest BCUT2D eigenvalue weighted by molar-refractivity contribution is -0.154. The van der Waals surface area contributed by atoms with Crippen molar-refractivity contribution in [3.63, 3.8) is 0 Å². The molecule has 2 aromatic rings. The van der Waals surface area contributed by atoms with Gasteiger partial charge in [0.05, 0.1) is 13.2 Å². The third-order valence-electron chi connectivity index (χ3n) is 4.37. The maximum atomic E-state index is 12.2. The van der Waals surface area contributed by atoms with Crippen LogP contribution in [0.5, 0.6) is 11.6 Å². The predicted molar refractivity (Wildman–Crippen MR) is 95.2 cm³/mol. The first kappa shape index (κ1) is 19.8. The van der Waals surface area contributed by atoms with Gasteiger partial charge in [0.15, 0.2) is 6.61 Å². The lowest BCUT2D eigenvalue weighted by Crippen LogP contribution is -2.36. The van der Waals surface area contributed by atoms with Gasteiger partial charge in [-0.05, 0) is 47.7 Å². The molecule has 6 nitrogen and oxygen atoms in total. The molecule has 0 radical (unpaired) electrons. The number of rotatable bonds is 6. The highest BCUT2D eigenvalue weighted by Gasteiger charge is 2.28. The number of alkyl halides is 3. The van der Waals surface area contributed by atoms with Crippen molar-refractivity contribution >= 4 is 6.03 Å². The van der Waals surface area contributed by atoms with Gasteiger partial charge in [0.2, 0.25) is 5.88 Å². The van der Waals surface area contributed by atoms with Crippen LogP contribution in [0.15, 0.2) is 36.5 Å². The zero-order valence-electron chi connectivity index (χ0n) is 15.2. The number of aromatic nitrogens is 1. The highest BCUT2D eigenvalue weighted by atomic mass is 19.4. The van der Waals surface area contributed by atoms with E-state index in [-0.39, 0.29) is 24.5 Å². The Kier molecular flexibility index (Phi) is 5.91. The van der Waals surface area contributed by atoms with Crippen molar-refractivity contribution < 1.29 is 27.4 Å². The Morgan fingerprint density at radius 3 is 2.86 bits per heavy atom. The monoisotopic (exact) mass is 395 g/mol. The van der Waals surface area contributed by atoms with Crippen LogP contribution in [0.1, 0.15) is 29.2 Å². The second-order valence-electron chi connectivity index (χ2n) is 6.39. The van der Waals surface area contributed by atoms with Crippen molar-refractivity contribution in [2.75, 3.05) is 13.7 Å². The van der Waals surface area contributed by atoms with Gasteiger partial charge >= 0.3 is 12.2 Å². The van der Waals surface area contributed by atoms with Crippen molar-refractivity contribution in [3.8, 4) is 11.6 Å². The molecule has 2 amide bonds. The van der Waals surface area contributed by atoms with Crippen LogP contribution in [-0.2, 0) is 13.0 Å². The third-order valence-corrected chi connectivity index (χ3v) is 4.37. The average molecular weight is 395 g/mol. The van der Waals surface area contributed by atoms with Gasteiger partial charge in [-0.3, -0.25) is 0 Å². The van der Waals surface area contributed by atoms with Gasteiger partial charge in [0.1, 0.15) is 5.75 Å². The molecule has 150 valence electrons. The summed E-state index contributed by atoms with van der Waals surface area (Å²) in [5.41, 5.74) is 2.78. The summed E-state index contributed by atoms with van der Waals surface area (Å²) in [5.74, 6) is 0.588. The topological polar surface area (TPSA) is 72.5 Å². The number of carbonyl (C=O) groups excluding carboxylic acids is 1. The number of carbonyl (C=O) groups is 1. The fourth-order valence-electron chi connectivity index (χ4n) is 3.04. The normalized spacial score (nSPS) is 15.6. The van der Waals surface area contributed by atoms with Crippen molar-refractivity contribution in [3.05, 3.63) is 53.2 Å². The third kappa shape index (κ3) is 5.28. The highest BCUT2D eigenvalue weighted by molar-refractivity contribution is 5.74. The Morgan fingerprint density at radius 1 is 1.29 bits per heavy atom. The maximum absolute atomic E-state index is 12.2. The number of nitrogens with one attached hydrogen (secondary N) is 2. The minimum Gasteiger partial charge on any atom is -0.497 e. The first-order chi connectivity index (χ1) is 13.3. The zero-order valence-corrected chi connectivity index (χ0v) is 15.2. The van der Waals surface area contributed by atoms with Crippen molar-refractivity contribution in [1.29, 1.82) is 0 Å². The van der Waals surface area contributed by atoms with E-state index >= 15 is 0 Å². The summed E-state index contributed by atoms with van der Waals surface area (Å²) >= 11 is 0. The van der Waals surface area contributed by atoms with E-state index in [1.54, 1.807) is 13.2 Å². The van der Waals surface area contributed by atoms with Crippen molar-refractivity contribution in [2.45, 2.75) is 31.6 Å². The number of ether oxygens (including phenoxy) is 2. The molecular weight excluding hydrogens is 375 g/mol. The molecule has 0 fully saturated rings. The van der Waals surface area contributed by atoms with Crippen LogP contribution in [0.3, 0.4) is 0 Å². The average Bonchev–Trinajstić information content (AvgIpc) is 3.06. The number of hydrogen-bond donors (Lipinski definition) is 2. The van der Waals surface area contributed by atoms with Gasteiger partial charge in [0, 0.05) is 18.8 Å². The zero-order chi connectivity index (χ0) is 20.1. The van der Waals surface area contributed by atoms with Gasteiger partial charge < -0.3 is 20.1 Å². The molecular formula is C19H20F3N3O3. The molecule has 1 aliphatic rings. The van der Waals surface area contributed by atoms with Gasteiger partial charge in [-0.25, -0.2) is 9.78 Å². The van der Waals surface area contributed by atoms with Gasteiger partial charge in [-0.15, -0.1) is 0 Å². The van der Waals surface area contributed by atoms with Crippen LogP contribution in [0.2, 0.25) is 0 Å². The van der Waals surface area contributed by atoms with E-state index < -0.39 is 12.8 Å². The molecule has 9 heteroatoms. The minimum absolute atomic E-state index is 0.117. The Labute approximate surface area is 160 Å². The molecule has 0 aliphatic heterocycles. The molecule has 0 bridgehead atoms. The molecule has 0 saturated heterocycles. The Balaban J connectivity index is 1.53. The number of aryl methyl sites for hydroxylation is 1. The van der Waals surface area contributed by atoms with E-state index in [9.17, 15) is 18.0 Å². The first-order valence-corrected chi connectivity index (χ1v) is 8.70. The predicted octanol–water partition coefficient (Wildman–Crippen LogP) is 3.52. The number of nitrogens with zero attached hydrogens (tertiary/aromatic N) is 1. The SMILES string of the molecule is COc1ccc2c(c1)C(NC(=O)NCc1ccnc(OCC(F)(F)F)c1)CC2. The van der Waals surface area contributed by atoms with Crippen LogP contribution in [-0.4, -0.2) is 30.9 Å². The summed E-state index contributed by atoms with van der Waals surface area (Å²) in [6, 6.07) is 8.28. The molecule has 28 heavy (non-hydrogen) atoms. The molecule has 0 spiro atoms. The summed E-state index contributed by atoms with van der Waals surface area (Å²) in [4.78, 5) is 16.0. The lowest BCUT2D eigenvalue weighted by atomic mass is 10.1. The number of pyridine rings is 1. The Bertz CT molecular complexity index is 843. The standard InChI is InChI=1S/C19H20F3N3O3/c1-27-14-4-2-13-3-5-16(15(13)9-14)25-18(26)24-10-12-6-7-23-17(8-12)28-11-19(20,21)22/h2,4,6-9,16H,3,5,10-11H2,1H3,(H2,24,25,26). The number of urea groups is 1. The number of benzene rings is 1. The van der Waals surface area contributed by atoms with Crippen molar-refractivity contribution in [2.24, 2.45) is 0 Å². The summed E-state index contributed by atoms with van der Waals surface area (Å²) < 4.78 is 46.5. The summed E-state index contributed by atoms with van der Waals surface area (Å²) in [7, 11) is 1.59. The molecule has 1 aliphatic carbocycles. The van der Waals surface area contributed by atoms with Crippen LogP contribution in [0.25, 0.3) is 0 Å². The quantitative estimate of drug-likeness (QED) is 0.785. The van der Waals surface area contributed by atoms with Crippen LogP contribution in [0.4, 0.5) is 18.0 Å². The lowest BCUT2D eigenvalue weighted by Gasteiger charge is -2.16. The number of halogens is 3. The second kappa shape index (κ2) is 8.37. The maximum Gasteiger partial charge on any atom is 0.422 e. The Morgan fingerprint density at radius 2 is 2.11 bits per heavy atom. The molecule has 1 heterocycles. The molecule has 1 aromatic heterocycles. The van der Waals surface area contributed by atoms with E-state index in [0.717, 1.165) is 24.2 Å². The number of fused-ring (bicyclic) bond motifs is 1. The molecule has 0 saturated carbocycles. The van der Waals surface area contributed by atoms with E-state index in [1.807, 2.05) is 18.2 Å². The van der Waals surface area contributed by atoms with E-state index in [0.29, 0.717) is 5.56 Å². The summed E-state index contributed by atoms with van der Waals surface area (Å²) in [6.07, 6.45) is -1.44. The Hall–Kier alpha value is -2.97. The molecule has 1 aromatic carbocycles. The largest absolute Gasteiger partial charge is 0.497 e. The number of hydrogen-bond acceptors (Lipinski definition) is 4. The highest BCUT2D eigenvalue weighted by Crippen LogP contribution is 2.33. The fourth-order valence-corrected chi connectivity index (χ4v) is 3.04. The second-order valence-corrected chi connectivity index (χ2v) is 6.39. The molecule has 1 unspecified atom stereocenters. The van der Waals surface area contributed by atoms with E-state index in [4.69, 9.17) is 4.74 Å². The smallest absolute Gasteiger partial charge is 0.422 e. The molecule has 2 N–H and O–H groups in total. The van der Waals surface area contributed by atoms with E-state index in [2.05, 4.69) is 20.4 Å². The number of amides is 2. The van der Waals surface area contributed by atoms with Crippen molar-refractivity contribution in [1.82, 2.24) is 15.6 Å². The molecule has 1 atom stereocenters. The van der Waals surface area contributed by atoms with Gasteiger partial charge in [-0.1, -0.05) is 6.07 Å². The fraction of sp³-hybridized carbons (Fsp3) is 0.368.